The van der Waals surface area contributed by atoms with Crippen LogP contribution in [0.1, 0.15) is 25.7 Å². The van der Waals surface area contributed by atoms with Gasteiger partial charge in [0, 0.05) is 0 Å². The maximum Gasteiger partial charge on any atom is -0.0166 e. The summed E-state index contributed by atoms with van der Waals surface area (Å²) in [7, 11) is 0. The summed E-state index contributed by atoms with van der Waals surface area (Å²) < 4.78 is 0. The summed E-state index contributed by atoms with van der Waals surface area (Å²) in [5, 5.41) is 0. The molecule has 0 aliphatic heterocycles. The Bertz CT molecular complexity index is 204. The van der Waals surface area contributed by atoms with E-state index in [0.717, 1.165) is 25.7 Å². The van der Waals surface area contributed by atoms with Gasteiger partial charge < -0.3 is 0 Å². The summed E-state index contributed by atoms with van der Waals surface area (Å²) in [4.78, 5) is 0. The van der Waals surface area contributed by atoms with Gasteiger partial charge in [-0.2, -0.15) is 0 Å². The lowest BCUT2D eigenvalue weighted by Gasteiger charge is -1.88. The first-order valence-corrected chi connectivity index (χ1v) is 4.62. The van der Waals surface area contributed by atoms with Gasteiger partial charge in [0.2, 0.25) is 0 Å². The number of rotatable bonds is 0. The van der Waals surface area contributed by atoms with Crippen LogP contribution in [0.3, 0.4) is 0 Å². The largest absolute Gasteiger partial charge is 0.0879 e. The van der Waals surface area contributed by atoms with Crippen molar-refractivity contribution in [2.45, 2.75) is 25.7 Å². The molecule has 0 atom stereocenters. The Balaban J connectivity index is 2.41. The third-order valence-electron chi connectivity index (χ3n) is 1.76. The first-order chi connectivity index (χ1) is 6.00. The molecule has 0 saturated carbocycles. The first kappa shape index (κ1) is 9.05. The Morgan fingerprint density at radius 2 is 1.08 bits per heavy atom. The van der Waals surface area contributed by atoms with E-state index < -0.39 is 0 Å². The lowest BCUT2D eigenvalue weighted by molar-refractivity contribution is 1.04. The van der Waals surface area contributed by atoms with Crippen LogP contribution in [0.5, 0.6) is 0 Å². The summed E-state index contributed by atoms with van der Waals surface area (Å²) in [6.45, 7) is 0. The highest BCUT2D eigenvalue weighted by Crippen LogP contribution is 1.98. The predicted octanol–water partition coefficient (Wildman–Crippen LogP) is 3.79. The van der Waals surface area contributed by atoms with Crippen LogP contribution in [0.2, 0.25) is 0 Å². The zero-order valence-corrected chi connectivity index (χ0v) is 7.45. The van der Waals surface area contributed by atoms with Gasteiger partial charge in [0.15, 0.2) is 0 Å². The fourth-order valence-corrected chi connectivity index (χ4v) is 1.09. The average Bonchev–Trinajstić information content (AvgIpc) is 2.05. The standard InChI is InChI=1S/C12H16/c1-2-4-6-8-10-12-11-9-7-5-3-1/h1-4,7,9-10,12H,5-6,8,11H2/b3-1+,4-2-,9-7+,12-10?. The van der Waals surface area contributed by atoms with E-state index in [9.17, 15) is 0 Å². The van der Waals surface area contributed by atoms with Crippen LogP contribution in [-0.2, 0) is 0 Å². The predicted molar refractivity (Wildman–Crippen MR) is 55.0 cm³/mol. The molecule has 12 heavy (non-hydrogen) atoms. The second kappa shape index (κ2) is 6.66. The van der Waals surface area contributed by atoms with E-state index in [1.165, 1.54) is 0 Å². The van der Waals surface area contributed by atoms with Crippen molar-refractivity contribution < 1.29 is 0 Å². The van der Waals surface area contributed by atoms with Crippen molar-refractivity contribution in [1.29, 1.82) is 0 Å². The second-order valence-electron chi connectivity index (χ2n) is 2.85. The van der Waals surface area contributed by atoms with Crippen LogP contribution in [0, 0.1) is 0 Å². The molecule has 0 spiro atoms. The maximum atomic E-state index is 2.25. The second-order valence-corrected chi connectivity index (χ2v) is 2.85. The van der Waals surface area contributed by atoms with Gasteiger partial charge in [-0.3, -0.25) is 0 Å². The molecule has 0 N–H and O–H groups in total. The molecule has 0 aromatic carbocycles. The molecule has 0 heteroatoms. The molecular formula is C12H16. The summed E-state index contributed by atoms with van der Waals surface area (Å²) in [6, 6.07) is 0. The van der Waals surface area contributed by atoms with Gasteiger partial charge >= 0.3 is 0 Å². The van der Waals surface area contributed by atoms with Gasteiger partial charge in [-0.05, 0) is 25.7 Å². The normalized spacial score (nSPS) is 26.7. The number of hydrogen-bond acceptors (Lipinski definition) is 0. The number of hydrogen-bond donors (Lipinski definition) is 0. The minimum atomic E-state index is 1.05. The van der Waals surface area contributed by atoms with Crippen LogP contribution in [-0.4, -0.2) is 0 Å². The van der Waals surface area contributed by atoms with E-state index in [0.29, 0.717) is 0 Å². The smallest absolute Gasteiger partial charge is 0.0166 e. The molecule has 0 nitrogen and oxygen atoms in total. The first-order valence-electron chi connectivity index (χ1n) is 4.62. The fraction of sp³-hybridized carbons (Fsp3) is 0.333. The molecule has 0 aromatic heterocycles. The topological polar surface area (TPSA) is 0 Å². The molecule has 1 aliphatic rings. The van der Waals surface area contributed by atoms with Crippen LogP contribution >= 0.6 is 0 Å². The van der Waals surface area contributed by atoms with Crippen molar-refractivity contribution >= 4 is 0 Å². The van der Waals surface area contributed by atoms with Gasteiger partial charge in [-0.1, -0.05) is 48.6 Å². The van der Waals surface area contributed by atoms with Crippen LogP contribution in [0.15, 0.2) is 48.6 Å². The fourth-order valence-electron chi connectivity index (χ4n) is 1.09. The Kier molecular flexibility index (Phi) is 5.02. The van der Waals surface area contributed by atoms with E-state index in [1.54, 1.807) is 0 Å². The van der Waals surface area contributed by atoms with E-state index >= 15 is 0 Å². The Morgan fingerprint density at radius 3 is 2.00 bits per heavy atom. The lowest BCUT2D eigenvalue weighted by atomic mass is 10.2. The summed E-state index contributed by atoms with van der Waals surface area (Å²) >= 11 is 0. The molecule has 0 heterocycles. The third-order valence-corrected chi connectivity index (χ3v) is 1.76. The van der Waals surface area contributed by atoms with Gasteiger partial charge in [-0.25, -0.2) is 0 Å². The van der Waals surface area contributed by atoms with Crippen LogP contribution < -0.4 is 0 Å². The van der Waals surface area contributed by atoms with E-state index in [4.69, 9.17) is 0 Å². The van der Waals surface area contributed by atoms with Gasteiger partial charge in [0.25, 0.3) is 0 Å². The average molecular weight is 160 g/mol. The van der Waals surface area contributed by atoms with Crippen LogP contribution in [0.25, 0.3) is 0 Å². The maximum absolute atomic E-state index is 2.25. The molecule has 64 valence electrons. The Labute approximate surface area is 75.0 Å². The monoisotopic (exact) mass is 160 g/mol. The van der Waals surface area contributed by atoms with Crippen LogP contribution in [0.4, 0.5) is 0 Å². The summed E-state index contributed by atoms with van der Waals surface area (Å²) in [5.41, 5.74) is 0. The van der Waals surface area contributed by atoms with Crippen molar-refractivity contribution in [1.82, 2.24) is 0 Å². The quantitative estimate of drug-likeness (QED) is 0.473. The minimum absolute atomic E-state index is 1.05. The zero-order chi connectivity index (χ0) is 8.49. The molecule has 0 bridgehead atoms. The third kappa shape index (κ3) is 4.73. The van der Waals surface area contributed by atoms with E-state index in [2.05, 4.69) is 48.6 Å². The minimum Gasteiger partial charge on any atom is -0.0879 e. The van der Waals surface area contributed by atoms with Gasteiger partial charge in [0.1, 0.15) is 0 Å². The van der Waals surface area contributed by atoms with Crippen molar-refractivity contribution in [3.8, 4) is 0 Å². The van der Waals surface area contributed by atoms with Crippen molar-refractivity contribution in [3.63, 3.8) is 0 Å². The van der Waals surface area contributed by atoms with Gasteiger partial charge in [0.05, 0.1) is 0 Å². The molecule has 0 amide bonds. The van der Waals surface area contributed by atoms with Crippen molar-refractivity contribution in [3.05, 3.63) is 48.6 Å². The Hall–Kier alpha value is -1.04. The highest BCUT2D eigenvalue weighted by Gasteiger charge is 1.77. The zero-order valence-electron chi connectivity index (χ0n) is 7.45. The van der Waals surface area contributed by atoms with E-state index in [-0.39, 0.29) is 0 Å². The SMILES string of the molecule is C1=CCC/C=C\C=C\C/C=C/C1. The lowest BCUT2D eigenvalue weighted by Crippen LogP contribution is -1.67. The number of allylic oxidation sites excluding steroid dienone is 8. The van der Waals surface area contributed by atoms with Crippen molar-refractivity contribution in [2.75, 3.05) is 0 Å². The molecule has 1 aliphatic carbocycles. The molecule has 0 saturated heterocycles. The molecule has 0 radical (unpaired) electrons. The summed E-state index contributed by atoms with van der Waals surface area (Å²) in [5.74, 6) is 0. The highest BCUT2D eigenvalue weighted by atomic mass is 13.8. The highest BCUT2D eigenvalue weighted by molar-refractivity contribution is 5.06. The molecule has 0 aromatic rings. The molecule has 0 unspecified atom stereocenters. The molecule has 0 fully saturated rings. The van der Waals surface area contributed by atoms with E-state index in [1.807, 2.05) is 0 Å². The van der Waals surface area contributed by atoms with Crippen molar-refractivity contribution in [2.24, 2.45) is 0 Å². The summed E-state index contributed by atoms with van der Waals surface area (Å²) in [6.07, 6.45) is 22.0. The van der Waals surface area contributed by atoms with Gasteiger partial charge in [-0.15, -0.1) is 0 Å². The molecular weight excluding hydrogens is 144 g/mol. The Morgan fingerprint density at radius 1 is 0.500 bits per heavy atom. The molecule has 1 rings (SSSR count).